The van der Waals surface area contributed by atoms with E-state index < -0.39 is 0 Å². The average molecular weight is 400 g/mol. The van der Waals surface area contributed by atoms with Crippen LogP contribution in [0.1, 0.15) is 24.2 Å². The minimum Gasteiger partial charge on any atom is -0.497 e. The SMILES string of the molecule is COc1ccc(Oc2nc(C#Cc3ccccc3)ncc2NC[C@@H]2CCCN2)cc1. The molecule has 3 aromatic rings. The molecule has 0 amide bonds. The van der Waals surface area contributed by atoms with Gasteiger partial charge in [0.2, 0.25) is 11.7 Å². The van der Waals surface area contributed by atoms with E-state index in [9.17, 15) is 0 Å². The summed E-state index contributed by atoms with van der Waals surface area (Å²) in [4.78, 5) is 8.95. The minimum absolute atomic E-state index is 0.409. The van der Waals surface area contributed by atoms with Crippen LogP contribution in [0.25, 0.3) is 0 Å². The molecule has 1 fully saturated rings. The lowest BCUT2D eigenvalue weighted by molar-refractivity contribution is 0.412. The van der Waals surface area contributed by atoms with Crippen molar-refractivity contribution in [1.29, 1.82) is 0 Å². The first-order chi connectivity index (χ1) is 14.8. The Morgan fingerprint density at radius 3 is 2.60 bits per heavy atom. The summed E-state index contributed by atoms with van der Waals surface area (Å²) in [5, 5.41) is 6.89. The van der Waals surface area contributed by atoms with Crippen molar-refractivity contribution in [1.82, 2.24) is 15.3 Å². The average Bonchev–Trinajstić information content (AvgIpc) is 3.32. The Kier molecular flexibility index (Phi) is 6.43. The molecule has 1 aliphatic rings. The summed E-state index contributed by atoms with van der Waals surface area (Å²) >= 11 is 0. The molecular weight excluding hydrogens is 376 g/mol. The van der Waals surface area contributed by atoms with E-state index in [2.05, 4.69) is 32.4 Å². The molecular formula is C24H24N4O2. The van der Waals surface area contributed by atoms with Gasteiger partial charge < -0.3 is 20.1 Å². The number of nitrogens with one attached hydrogen (secondary N) is 2. The van der Waals surface area contributed by atoms with Crippen LogP contribution in [0, 0.1) is 11.8 Å². The van der Waals surface area contributed by atoms with E-state index >= 15 is 0 Å². The van der Waals surface area contributed by atoms with E-state index in [1.165, 1.54) is 6.42 Å². The van der Waals surface area contributed by atoms with Crippen molar-refractivity contribution in [3.63, 3.8) is 0 Å². The number of hydrogen-bond acceptors (Lipinski definition) is 6. The second kappa shape index (κ2) is 9.77. The number of anilines is 1. The van der Waals surface area contributed by atoms with Crippen molar-refractivity contribution in [2.24, 2.45) is 0 Å². The van der Waals surface area contributed by atoms with Crippen molar-refractivity contribution < 1.29 is 9.47 Å². The summed E-state index contributed by atoms with van der Waals surface area (Å²) in [5.41, 5.74) is 1.65. The molecule has 1 atom stereocenters. The Morgan fingerprint density at radius 2 is 1.87 bits per heavy atom. The maximum absolute atomic E-state index is 6.06. The van der Waals surface area contributed by atoms with Crippen LogP contribution >= 0.6 is 0 Å². The van der Waals surface area contributed by atoms with E-state index in [0.29, 0.717) is 23.5 Å². The van der Waals surface area contributed by atoms with Crippen molar-refractivity contribution in [2.45, 2.75) is 18.9 Å². The van der Waals surface area contributed by atoms with E-state index in [1.807, 2.05) is 54.6 Å². The van der Waals surface area contributed by atoms with Crippen LogP contribution in [0.4, 0.5) is 5.69 Å². The first-order valence-corrected chi connectivity index (χ1v) is 10.0. The number of ether oxygens (including phenoxy) is 2. The smallest absolute Gasteiger partial charge is 0.247 e. The summed E-state index contributed by atoms with van der Waals surface area (Å²) in [6.07, 6.45) is 4.09. The van der Waals surface area contributed by atoms with E-state index in [4.69, 9.17) is 9.47 Å². The predicted octanol–water partition coefficient (Wildman–Crippen LogP) is 3.84. The summed E-state index contributed by atoms with van der Waals surface area (Å²) in [7, 11) is 1.64. The summed E-state index contributed by atoms with van der Waals surface area (Å²) < 4.78 is 11.3. The molecule has 6 nitrogen and oxygen atoms in total. The maximum Gasteiger partial charge on any atom is 0.247 e. The molecule has 30 heavy (non-hydrogen) atoms. The number of benzene rings is 2. The van der Waals surface area contributed by atoms with Crippen LogP contribution in [-0.4, -0.2) is 36.2 Å². The first kappa shape index (κ1) is 19.7. The van der Waals surface area contributed by atoms with Gasteiger partial charge in [-0.05, 0) is 61.7 Å². The molecule has 0 radical (unpaired) electrons. The van der Waals surface area contributed by atoms with Crippen molar-refractivity contribution in [3.05, 3.63) is 72.2 Å². The van der Waals surface area contributed by atoms with Crippen LogP contribution in [-0.2, 0) is 0 Å². The molecule has 0 unspecified atom stereocenters. The number of methoxy groups -OCH3 is 1. The lowest BCUT2D eigenvalue weighted by Crippen LogP contribution is -2.29. The molecule has 2 heterocycles. The lowest BCUT2D eigenvalue weighted by Gasteiger charge is -2.15. The Morgan fingerprint density at radius 1 is 1.07 bits per heavy atom. The van der Waals surface area contributed by atoms with Gasteiger partial charge >= 0.3 is 0 Å². The molecule has 1 aromatic heterocycles. The highest BCUT2D eigenvalue weighted by molar-refractivity contribution is 5.54. The van der Waals surface area contributed by atoms with Gasteiger partial charge in [0.25, 0.3) is 0 Å². The fourth-order valence-corrected chi connectivity index (χ4v) is 3.19. The fourth-order valence-electron chi connectivity index (χ4n) is 3.19. The Hall–Kier alpha value is -3.56. The maximum atomic E-state index is 6.06. The highest BCUT2D eigenvalue weighted by atomic mass is 16.5. The monoisotopic (exact) mass is 400 g/mol. The third kappa shape index (κ3) is 5.28. The Balaban J connectivity index is 1.57. The number of aromatic nitrogens is 2. The standard InChI is InChI=1S/C24H24N4O2/c1-29-20-10-12-21(13-11-20)30-24-22(26-16-19-8-5-15-25-19)17-27-23(28-24)14-9-18-6-3-2-4-7-18/h2-4,6-7,10-13,17,19,25-26H,5,8,15-16H2,1H3/t19-/m0/s1. The third-order valence-corrected chi connectivity index (χ3v) is 4.82. The molecule has 2 N–H and O–H groups in total. The zero-order chi connectivity index (χ0) is 20.6. The summed E-state index contributed by atoms with van der Waals surface area (Å²) in [6.45, 7) is 1.85. The lowest BCUT2D eigenvalue weighted by atomic mass is 10.2. The molecule has 6 heteroatoms. The summed E-state index contributed by atoms with van der Waals surface area (Å²) in [6, 6.07) is 17.6. The molecule has 0 spiro atoms. The van der Waals surface area contributed by atoms with Gasteiger partial charge in [-0.1, -0.05) is 24.1 Å². The Labute approximate surface area is 176 Å². The second-order valence-electron chi connectivity index (χ2n) is 6.98. The zero-order valence-electron chi connectivity index (χ0n) is 16.9. The van der Waals surface area contributed by atoms with Gasteiger partial charge in [0.15, 0.2) is 0 Å². The van der Waals surface area contributed by atoms with E-state index in [-0.39, 0.29) is 0 Å². The first-order valence-electron chi connectivity index (χ1n) is 10.0. The van der Waals surface area contributed by atoms with E-state index in [1.54, 1.807) is 13.3 Å². The summed E-state index contributed by atoms with van der Waals surface area (Å²) in [5.74, 6) is 8.40. The molecule has 1 saturated heterocycles. The van der Waals surface area contributed by atoms with Gasteiger partial charge in [-0.25, -0.2) is 4.98 Å². The normalized spacial score (nSPS) is 15.2. The number of rotatable bonds is 6. The predicted molar refractivity (Wildman–Crippen MR) is 117 cm³/mol. The van der Waals surface area contributed by atoms with Crippen LogP contribution in [0.3, 0.4) is 0 Å². The van der Waals surface area contributed by atoms with Gasteiger partial charge in [-0.3, -0.25) is 0 Å². The quantitative estimate of drug-likeness (QED) is 0.613. The topological polar surface area (TPSA) is 68.3 Å². The van der Waals surface area contributed by atoms with E-state index in [0.717, 1.165) is 36.5 Å². The molecule has 0 bridgehead atoms. The van der Waals surface area contributed by atoms with Crippen LogP contribution in [0.5, 0.6) is 17.4 Å². The molecule has 1 aliphatic heterocycles. The second-order valence-corrected chi connectivity index (χ2v) is 6.98. The van der Waals surface area contributed by atoms with Crippen LogP contribution < -0.4 is 20.1 Å². The largest absolute Gasteiger partial charge is 0.497 e. The van der Waals surface area contributed by atoms with Gasteiger partial charge in [0.1, 0.15) is 17.2 Å². The van der Waals surface area contributed by atoms with Crippen molar-refractivity contribution in [3.8, 4) is 29.2 Å². The Bertz CT molecular complexity index is 1020. The number of nitrogens with zero attached hydrogens (tertiary/aromatic N) is 2. The highest BCUT2D eigenvalue weighted by Gasteiger charge is 2.16. The highest BCUT2D eigenvalue weighted by Crippen LogP contribution is 2.28. The minimum atomic E-state index is 0.409. The third-order valence-electron chi connectivity index (χ3n) is 4.82. The number of hydrogen-bond donors (Lipinski definition) is 2. The van der Waals surface area contributed by atoms with Crippen molar-refractivity contribution >= 4 is 5.69 Å². The van der Waals surface area contributed by atoms with Gasteiger partial charge in [0.05, 0.1) is 13.3 Å². The molecule has 0 saturated carbocycles. The molecule has 152 valence electrons. The zero-order valence-corrected chi connectivity index (χ0v) is 16.9. The van der Waals surface area contributed by atoms with Gasteiger partial charge in [-0.15, -0.1) is 0 Å². The molecule has 2 aromatic carbocycles. The fraction of sp³-hybridized carbons (Fsp3) is 0.250. The molecule has 4 rings (SSSR count). The molecule has 0 aliphatic carbocycles. The van der Waals surface area contributed by atoms with Gasteiger partial charge in [-0.2, -0.15) is 4.98 Å². The van der Waals surface area contributed by atoms with Gasteiger partial charge in [0, 0.05) is 18.2 Å². The van der Waals surface area contributed by atoms with Crippen molar-refractivity contribution in [2.75, 3.05) is 25.5 Å². The van der Waals surface area contributed by atoms with Crippen LogP contribution in [0.2, 0.25) is 0 Å². The van der Waals surface area contributed by atoms with Crippen LogP contribution in [0.15, 0.2) is 60.8 Å².